The molecule has 0 aromatic heterocycles. The number of rotatable bonds is 6. The molecule has 1 aromatic carbocycles. The number of alkyl halides is 2. The zero-order valence-electron chi connectivity index (χ0n) is 10.1. The van der Waals surface area contributed by atoms with E-state index in [0.29, 0.717) is 11.3 Å². The average Bonchev–Trinajstić information content (AvgIpc) is 2.34. The Labute approximate surface area is 103 Å². The van der Waals surface area contributed by atoms with Gasteiger partial charge in [0.15, 0.2) is 0 Å². The Bertz CT molecular complexity index is 432. The molecule has 0 aliphatic heterocycles. The summed E-state index contributed by atoms with van der Waals surface area (Å²) in [5.41, 5.74) is 0.162. The van der Waals surface area contributed by atoms with Crippen molar-refractivity contribution in [2.75, 3.05) is 14.2 Å². The minimum atomic E-state index is -2.69. The molecule has 0 heterocycles. The first-order valence-corrected chi connectivity index (χ1v) is 5.24. The molecular formula is C12H14F2O4. The van der Waals surface area contributed by atoms with Crippen molar-refractivity contribution in [1.29, 1.82) is 0 Å². The zero-order chi connectivity index (χ0) is 13.7. The number of aliphatic carboxylic acids is 1. The molecule has 0 bridgehead atoms. The molecule has 1 rings (SSSR count). The number of methoxy groups -OCH3 is 2. The Balaban J connectivity index is 3.14. The lowest BCUT2D eigenvalue weighted by atomic mass is 10.0. The molecule has 0 aliphatic rings. The number of ether oxygens (including phenoxy) is 2. The van der Waals surface area contributed by atoms with Crippen LogP contribution in [0.4, 0.5) is 8.78 Å². The van der Waals surface area contributed by atoms with E-state index in [-0.39, 0.29) is 24.2 Å². The highest BCUT2D eigenvalue weighted by molar-refractivity contribution is 5.67. The van der Waals surface area contributed by atoms with Gasteiger partial charge in [0.05, 0.1) is 19.8 Å². The molecule has 0 atom stereocenters. The number of aryl methyl sites for hydroxylation is 1. The smallest absolute Gasteiger partial charge is 0.303 e. The monoisotopic (exact) mass is 260 g/mol. The van der Waals surface area contributed by atoms with E-state index in [1.807, 2.05) is 0 Å². The molecule has 0 fully saturated rings. The van der Waals surface area contributed by atoms with Crippen LogP contribution in [-0.2, 0) is 11.2 Å². The van der Waals surface area contributed by atoms with Crippen LogP contribution in [0.15, 0.2) is 12.1 Å². The van der Waals surface area contributed by atoms with E-state index in [2.05, 4.69) is 0 Å². The Hall–Kier alpha value is -1.85. The van der Waals surface area contributed by atoms with Gasteiger partial charge >= 0.3 is 5.97 Å². The average molecular weight is 260 g/mol. The molecule has 100 valence electrons. The van der Waals surface area contributed by atoms with E-state index >= 15 is 0 Å². The minimum absolute atomic E-state index is 0.0286. The second kappa shape index (κ2) is 6.18. The van der Waals surface area contributed by atoms with E-state index < -0.39 is 12.4 Å². The van der Waals surface area contributed by atoms with Crippen LogP contribution in [0.25, 0.3) is 0 Å². The van der Waals surface area contributed by atoms with Gasteiger partial charge in [-0.1, -0.05) is 0 Å². The van der Waals surface area contributed by atoms with Crippen molar-refractivity contribution >= 4 is 5.97 Å². The summed E-state index contributed by atoms with van der Waals surface area (Å²) in [5.74, 6) is -0.620. The minimum Gasteiger partial charge on any atom is -0.496 e. The van der Waals surface area contributed by atoms with Crippen LogP contribution in [0.5, 0.6) is 11.5 Å². The van der Waals surface area contributed by atoms with Gasteiger partial charge < -0.3 is 14.6 Å². The van der Waals surface area contributed by atoms with Crippen molar-refractivity contribution in [3.63, 3.8) is 0 Å². The van der Waals surface area contributed by atoms with E-state index in [0.717, 1.165) is 0 Å². The topological polar surface area (TPSA) is 55.8 Å². The van der Waals surface area contributed by atoms with Crippen LogP contribution >= 0.6 is 0 Å². The molecular weight excluding hydrogens is 246 g/mol. The van der Waals surface area contributed by atoms with Gasteiger partial charge in [-0.3, -0.25) is 4.79 Å². The van der Waals surface area contributed by atoms with Crippen molar-refractivity contribution in [2.45, 2.75) is 19.3 Å². The first-order valence-electron chi connectivity index (χ1n) is 5.24. The Morgan fingerprint density at radius 2 is 1.89 bits per heavy atom. The molecule has 0 spiro atoms. The summed E-state index contributed by atoms with van der Waals surface area (Å²) >= 11 is 0. The standard InChI is InChI=1S/C12H14F2O4/c1-17-9-6-10(18-2)8(12(13)14)5-7(9)3-4-11(15)16/h5-6,12H,3-4H2,1-2H3,(H,15,16). The summed E-state index contributed by atoms with van der Waals surface area (Å²) in [5, 5.41) is 8.60. The first-order chi connectivity index (χ1) is 8.49. The number of benzene rings is 1. The zero-order valence-corrected chi connectivity index (χ0v) is 10.1. The van der Waals surface area contributed by atoms with E-state index in [4.69, 9.17) is 14.6 Å². The van der Waals surface area contributed by atoms with Crippen molar-refractivity contribution in [2.24, 2.45) is 0 Å². The lowest BCUT2D eigenvalue weighted by Gasteiger charge is -2.14. The van der Waals surface area contributed by atoms with Gasteiger partial charge in [0.1, 0.15) is 11.5 Å². The number of hydrogen-bond donors (Lipinski definition) is 1. The highest BCUT2D eigenvalue weighted by Gasteiger charge is 2.18. The van der Waals surface area contributed by atoms with Gasteiger partial charge in [-0.15, -0.1) is 0 Å². The molecule has 1 aromatic rings. The number of carbonyl (C=O) groups is 1. The van der Waals surface area contributed by atoms with Gasteiger partial charge in [-0.2, -0.15) is 0 Å². The second-order valence-corrected chi connectivity index (χ2v) is 3.60. The van der Waals surface area contributed by atoms with E-state index in [1.165, 1.54) is 26.4 Å². The maximum absolute atomic E-state index is 12.8. The third-order valence-corrected chi connectivity index (χ3v) is 2.48. The fraction of sp³-hybridized carbons (Fsp3) is 0.417. The SMILES string of the molecule is COc1cc(OC)c(C(F)F)cc1CCC(=O)O. The fourth-order valence-corrected chi connectivity index (χ4v) is 1.60. The van der Waals surface area contributed by atoms with Crippen molar-refractivity contribution in [1.82, 2.24) is 0 Å². The predicted octanol–water partition coefficient (Wildman–Crippen LogP) is 2.66. The van der Waals surface area contributed by atoms with Crippen LogP contribution in [0.3, 0.4) is 0 Å². The van der Waals surface area contributed by atoms with Crippen LogP contribution in [-0.4, -0.2) is 25.3 Å². The lowest BCUT2D eigenvalue weighted by molar-refractivity contribution is -0.136. The number of hydrogen-bond acceptors (Lipinski definition) is 3. The maximum atomic E-state index is 12.8. The summed E-state index contributed by atoms with van der Waals surface area (Å²) in [6.45, 7) is 0. The largest absolute Gasteiger partial charge is 0.496 e. The predicted molar refractivity (Wildman–Crippen MR) is 60.5 cm³/mol. The summed E-state index contributed by atoms with van der Waals surface area (Å²) < 4.78 is 35.5. The molecule has 0 saturated carbocycles. The molecule has 4 nitrogen and oxygen atoms in total. The van der Waals surface area contributed by atoms with Gasteiger partial charge in [0, 0.05) is 12.5 Å². The van der Waals surface area contributed by atoms with Gasteiger partial charge in [-0.25, -0.2) is 8.78 Å². The molecule has 0 radical (unpaired) electrons. The quantitative estimate of drug-likeness (QED) is 0.854. The lowest BCUT2D eigenvalue weighted by Crippen LogP contribution is -2.02. The Morgan fingerprint density at radius 3 is 2.33 bits per heavy atom. The molecule has 0 amide bonds. The third kappa shape index (κ3) is 3.32. The van der Waals surface area contributed by atoms with E-state index in [9.17, 15) is 13.6 Å². The maximum Gasteiger partial charge on any atom is 0.303 e. The Kier molecular flexibility index (Phi) is 4.88. The molecule has 18 heavy (non-hydrogen) atoms. The highest BCUT2D eigenvalue weighted by Crippen LogP contribution is 2.35. The van der Waals surface area contributed by atoms with Crippen molar-refractivity contribution in [3.05, 3.63) is 23.3 Å². The summed E-state index contributed by atoms with van der Waals surface area (Å²) in [6, 6.07) is 2.57. The van der Waals surface area contributed by atoms with Crippen LogP contribution < -0.4 is 9.47 Å². The van der Waals surface area contributed by atoms with Crippen LogP contribution in [0, 0.1) is 0 Å². The Morgan fingerprint density at radius 1 is 1.28 bits per heavy atom. The summed E-state index contributed by atoms with van der Waals surface area (Å²) in [6.07, 6.45) is -2.71. The van der Waals surface area contributed by atoms with Crippen molar-refractivity contribution < 1.29 is 28.2 Å². The molecule has 0 unspecified atom stereocenters. The van der Waals surface area contributed by atoms with Gasteiger partial charge in [0.2, 0.25) is 0 Å². The third-order valence-electron chi connectivity index (χ3n) is 2.48. The van der Waals surface area contributed by atoms with Gasteiger partial charge in [0.25, 0.3) is 6.43 Å². The molecule has 6 heteroatoms. The van der Waals surface area contributed by atoms with Crippen LogP contribution in [0.1, 0.15) is 24.0 Å². The molecule has 0 aliphatic carbocycles. The first kappa shape index (κ1) is 14.2. The highest BCUT2D eigenvalue weighted by atomic mass is 19.3. The van der Waals surface area contributed by atoms with Crippen LogP contribution in [0.2, 0.25) is 0 Å². The normalized spacial score (nSPS) is 10.5. The second-order valence-electron chi connectivity index (χ2n) is 3.60. The number of halogens is 2. The van der Waals surface area contributed by atoms with Gasteiger partial charge in [-0.05, 0) is 18.1 Å². The van der Waals surface area contributed by atoms with E-state index in [1.54, 1.807) is 0 Å². The number of carboxylic acid groups (broad SMARTS) is 1. The van der Waals surface area contributed by atoms with Crippen molar-refractivity contribution in [3.8, 4) is 11.5 Å². The number of carboxylic acids is 1. The summed E-state index contributed by atoms with van der Waals surface area (Å²) in [7, 11) is 2.68. The summed E-state index contributed by atoms with van der Waals surface area (Å²) in [4.78, 5) is 10.5. The molecule has 0 saturated heterocycles. The fourth-order valence-electron chi connectivity index (χ4n) is 1.60. The molecule has 1 N–H and O–H groups in total.